The van der Waals surface area contributed by atoms with E-state index in [2.05, 4.69) is 16.3 Å². The first-order valence-corrected chi connectivity index (χ1v) is 10.8. The van der Waals surface area contributed by atoms with E-state index in [1.807, 2.05) is 68.5 Å². The molecule has 0 aliphatic rings. The highest BCUT2D eigenvalue weighted by atomic mass is 35.5. The number of ether oxygens (including phenoxy) is 1. The lowest BCUT2D eigenvalue weighted by Gasteiger charge is -2.12. The average Bonchev–Trinajstić information content (AvgIpc) is 3.04. The van der Waals surface area contributed by atoms with Gasteiger partial charge in [0.05, 0.1) is 17.7 Å². The molecule has 2 aromatic carbocycles. The topological polar surface area (TPSA) is 37.7 Å². The van der Waals surface area contributed by atoms with Gasteiger partial charge in [0.25, 0.3) is 0 Å². The molecule has 29 heavy (non-hydrogen) atoms. The Morgan fingerprint density at radius 3 is 2.55 bits per heavy atom. The number of hydrogen-bond acceptors (Lipinski definition) is 4. The summed E-state index contributed by atoms with van der Waals surface area (Å²) in [4.78, 5) is 6.59. The molecular weight excluding hydrogens is 425 g/mol. The molecule has 4 nitrogen and oxygen atoms in total. The number of hydrogen-bond donors (Lipinski definition) is 0. The van der Waals surface area contributed by atoms with Gasteiger partial charge in [0, 0.05) is 36.6 Å². The summed E-state index contributed by atoms with van der Waals surface area (Å²) < 4.78 is 10.6. The molecule has 152 valence electrons. The second kappa shape index (κ2) is 9.61. The standard InChI is InChI=1S/C22H23Cl2N3OS/c1-5-27(4)13-25-18-10-15(3)20(11-14(18)2)28-22-21(24)19(26-29-22)12-16-6-8-17(23)9-7-16/h6-11,13H,5,12H2,1-4H3/b25-13-. The van der Waals surface area contributed by atoms with E-state index in [0.717, 1.165) is 40.4 Å². The van der Waals surface area contributed by atoms with Crippen LogP contribution in [0.4, 0.5) is 5.69 Å². The zero-order valence-corrected chi connectivity index (χ0v) is 19.2. The first-order chi connectivity index (χ1) is 13.9. The highest BCUT2D eigenvalue weighted by molar-refractivity contribution is 7.08. The Labute approximate surface area is 185 Å². The lowest BCUT2D eigenvalue weighted by Crippen LogP contribution is -2.14. The third-order valence-corrected chi connectivity index (χ3v) is 6.06. The lowest BCUT2D eigenvalue weighted by atomic mass is 10.1. The number of aryl methyl sites for hydroxylation is 2. The molecular formula is C22H23Cl2N3OS. The molecule has 0 aliphatic carbocycles. The summed E-state index contributed by atoms with van der Waals surface area (Å²) in [6, 6.07) is 11.7. The van der Waals surface area contributed by atoms with E-state index < -0.39 is 0 Å². The quantitative estimate of drug-likeness (QED) is 0.287. The minimum Gasteiger partial charge on any atom is -0.443 e. The molecule has 0 amide bonds. The Balaban J connectivity index is 1.78. The first kappa shape index (κ1) is 21.6. The van der Waals surface area contributed by atoms with Crippen LogP contribution in [0.3, 0.4) is 0 Å². The highest BCUT2D eigenvalue weighted by Gasteiger charge is 2.16. The van der Waals surface area contributed by atoms with Gasteiger partial charge >= 0.3 is 0 Å². The van der Waals surface area contributed by atoms with Crippen molar-refractivity contribution >= 4 is 46.8 Å². The zero-order valence-electron chi connectivity index (χ0n) is 16.9. The average molecular weight is 448 g/mol. The van der Waals surface area contributed by atoms with Crippen LogP contribution >= 0.6 is 34.7 Å². The second-order valence-corrected chi connectivity index (χ2v) is 8.41. The van der Waals surface area contributed by atoms with Gasteiger partial charge in [-0.25, -0.2) is 4.99 Å². The maximum absolute atomic E-state index is 6.55. The molecule has 0 spiro atoms. The van der Waals surface area contributed by atoms with E-state index in [1.165, 1.54) is 11.5 Å². The van der Waals surface area contributed by atoms with Gasteiger partial charge < -0.3 is 9.64 Å². The van der Waals surface area contributed by atoms with Gasteiger partial charge in [-0.15, -0.1) is 0 Å². The summed E-state index contributed by atoms with van der Waals surface area (Å²) in [5, 5.41) is 1.86. The van der Waals surface area contributed by atoms with Crippen LogP contribution in [0.15, 0.2) is 41.4 Å². The monoisotopic (exact) mass is 447 g/mol. The van der Waals surface area contributed by atoms with Crippen LogP contribution in [0.25, 0.3) is 0 Å². The van der Waals surface area contributed by atoms with E-state index in [4.69, 9.17) is 27.9 Å². The molecule has 7 heteroatoms. The van der Waals surface area contributed by atoms with Crippen LogP contribution in [0.5, 0.6) is 10.8 Å². The van der Waals surface area contributed by atoms with Crippen molar-refractivity contribution in [3.63, 3.8) is 0 Å². The third-order valence-electron chi connectivity index (χ3n) is 4.55. The van der Waals surface area contributed by atoms with Crippen molar-refractivity contribution in [1.29, 1.82) is 0 Å². The number of rotatable bonds is 7. The minimum absolute atomic E-state index is 0.550. The molecule has 3 aromatic rings. The van der Waals surface area contributed by atoms with Crippen LogP contribution < -0.4 is 4.74 Å². The molecule has 0 saturated carbocycles. The molecule has 0 unspecified atom stereocenters. The van der Waals surface area contributed by atoms with Gasteiger partial charge in [0.15, 0.2) is 0 Å². The van der Waals surface area contributed by atoms with Crippen molar-refractivity contribution in [3.8, 4) is 10.8 Å². The second-order valence-electron chi connectivity index (χ2n) is 6.86. The van der Waals surface area contributed by atoms with Crippen LogP contribution in [-0.2, 0) is 6.42 Å². The lowest BCUT2D eigenvalue weighted by molar-refractivity contribution is 0.492. The van der Waals surface area contributed by atoms with E-state index in [9.17, 15) is 0 Å². The summed E-state index contributed by atoms with van der Waals surface area (Å²) in [6.07, 6.45) is 2.47. The smallest absolute Gasteiger partial charge is 0.219 e. The van der Waals surface area contributed by atoms with Crippen molar-refractivity contribution in [2.45, 2.75) is 27.2 Å². The normalized spacial score (nSPS) is 11.2. The van der Waals surface area contributed by atoms with E-state index in [0.29, 0.717) is 21.5 Å². The van der Waals surface area contributed by atoms with Crippen LogP contribution in [0.2, 0.25) is 10.0 Å². The summed E-state index contributed by atoms with van der Waals surface area (Å²) in [6.45, 7) is 7.01. The SMILES string of the molecule is CCN(C)/C=N\c1cc(C)c(Oc2snc(Cc3ccc(Cl)cc3)c2Cl)cc1C. The Morgan fingerprint density at radius 2 is 1.86 bits per heavy atom. The van der Waals surface area contributed by atoms with Gasteiger partial charge in [-0.05, 0) is 61.7 Å². The fourth-order valence-electron chi connectivity index (χ4n) is 2.63. The summed E-state index contributed by atoms with van der Waals surface area (Å²) in [7, 11) is 2.00. The predicted octanol–water partition coefficient (Wildman–Crippen LogP) is 7.06. The highest BCUT2D eigenvalue weighted by Crippen LogP contribution is 2.39. The zero-order chi connectivity index (χ0) is 21.0. The Bertz CT molecular complexity index is 1020. The van der Waals surface area contributed by atoms with Crippen molar-refractivity contribution < 1.29 is 4.74 Å². The van der Waals surface area contributed by atoms with E-state index in [-0.39, 0.29) is 0 Å². The Hall–Kier alpha value is -2.08. The predicted molar refractivity (Wildman–Crippen MR) is 124 cm³/mol. The maximum Gasteiger partial charge on any atom is 0.219 e. The molecule has 0 bridgehead atoms. The van der Waals surface area contributed by atoms with Crippen LogP contribution in [0, 0.1) is 13.8 Å². The van der Waals surface area contributed by atoms with E-state index in [1.54, 1.807) is 0 Å². The minimum atomic E-state index is 0.550. The van der Waals surface area contributed by atoms with Crippen LogP contribution in [0.1, 0.15) is 29.3 Å². The first-order valence-electron chi connectivity index (χ1n) is 9.29. The summed E-state index contributed by atoms with van der Waals surface area (Å²) >= 11 is 13.8. The Kier molecular flexibility index (Phi) is 7.17. The molecule has 0 fully saturated rings. The molecule has 1 heterocycles. The fourth-order valence-corrected chi connectivity index (χ4v) is 3.73. The maximum atomic E-state index is 6.55. The van der Waals surface area contributed by atoms with Gasteiger partial charge in [-0.2, -0.15) is 4.37 Å². The van der Waals surface area contributed by atoms with Gasteiger partial charge in [-0.1, -0.05) is 35.3 Å². The third kappa shape index (κ3) is 5.50. The van der Waals surface area contributed by atoms with Crippen molar-refractivity contribution in [2.75, 3.05) is 13.6 Å². The summed E-state index contributed by atoms with van der Waals surface area (Å²) in [5.74, 6) is 0.758. The molecule has 3 rings (SSSR count). The van der Waals surface area contributed by atoms with Crippen molar-refractivity contribution in [1.82, 2.24) is 9.27 Å². The number of benzene rings is 2. The van der Waals surface area contributed by atoms with Gasteiger partial charge in [0.1, 0.15) is 10.8 Å². The Morgan fingerprint density at radius 1 is 1.14 bits per heavy atom. The largest absolute Gasteiger partial charge is 0.443 e. The fraction of sp³-hybridized carbons (Fsp3) is 0.273. The number of nitrogens with zero attached hydrogens (tertiary/aromatic N) is 3. The molecule has 0 saturated heterocycles. The molecule has 0 atom stereocenters. The van der Waals surface area contributed by atoms with Gasteiger partial charge in [-0.3, -0.25) is 0 Å². The molecule has 0 aliphatic heterocycles. The number of aliphatic imine (C=N–C) groups is 1. The van der Waals surface area contributed by atoms with Crippen molar-refractivity contribution in [3.05, 3.63) is 68.8 Å². The number of aromatic nitrogens is 1. The molecule has 0 N–H and O–H groups in total. The molecule has 0 radical (unpaired) electrons. The number of halogens is 2. The summed E-state index contributed by atoms with van der Waals surface area (Å²) in [5.41, 5.74) is 4.85. The van der Waals surface area contributed by atoms with Crippen molar-refractivity contribution in [2.24, 2.45) is 4.99 Å². The van der Waals surface area contributed by atoms with Gasteiger partial charge in [0.2, 0.25) is 5.06 Å². The van der Waals surface area contributed by atoms with Crippen LogP contribution in [-0.4, -0.2) is 29.2 Å². The van der Waals surface area contributed by atoms with E-state index >= 15 is 0 Å². The molecule has 1 aromatic heterocycles.